The lowest BCUT2D eigenvalue weighted by atomic mass is 10.4. The third kappa shape index (κ3) is 7.65. The monoisotopic (exact) mass is 370 g/mol. The van der Waals surface area contributed by atoms with Gasteiger partial charge < -0.3 is 34.9 Å². The molecule has 26 heavy (non-hydrogen) atoms. The fourth-order valence-electron chi connectivity index (χ4n) is 2.23. The average molecular weight is 370 g/mol. The molecule has 0 radical (unpaired) electrons. The molecule has 0 amide bonds. The van der Waals surface area contributed by atoms with E-state index in [2.05, 4.69) is 25.2 Å². The lowest BCUT2D eigenvalue weighted by Gasteiger charge is -2.27. The third-order valence-corrected chi connectivity index (χ3v) is 3.40. The van der Waals surface area contributed by atoms with Gasteiger partial charge in [0.05, 0.1) is 45.7 Å². The first-order chi connectivity index (χ1) is 12.7. The number of rotatable bonds is 12. The number of ether oxygens (including phenoxy) is 4. The molecule has 1 aromatic heterocycles. The van der Waals surface area contributed by atoms with Gasteiger partial charge in [0.25, 0.3) is 0 Å². The van der Waals surface area contributed by atoms with Crippen LogP contribution in [-0.4, -0.2) is 86.9 Å². The average Bonchev–Trinajstić information content (AvgIpc) is 2.64. The molecule has 10 heteroatoms. The molecule has 1 fully saturated rings. The second-order valence-corrected chi connectivity index (χ2v) is 5.95. The molecule has 2 rings (SSSR count). The Labute approximate surface area is 154 Å². The number of aromatic nitrogens is 3. The molecular weight excluding hydrogens is 340 g/mol. The third-order valence-electron chi connectivity index (χ3n) is 3.40. The van der Waals surface area contributed by atoms with E-state index in [1.165, 1.54) is 0 Å². The molecule has 0 atom stereocenters. The molecule has 148 valence electrons. The van der Waals surface area contributed by atoms with E-state index < -0.39 is 0 Å². The van der Waals surface area contributed by atoms with Crippen molar-refractivity contribution in [2.24, 2.45) is 5.73 Å². The molecule has 10 nitrogen and oxygen atoms in total. The smallest absolute Gasteiger partial charge is 0.323 e. The SMILES string of the molecule is CC(C)Oc1nc(NCCOCCOCCN)nc(N2CCOCC2)n1. The van der Waals surface area contributed by atoms with Crippen LogP contribution in [-0.2, 0) is 14.2 Å². The van der Waals surface area contributed by atoms with Crippen molar-refractivity contribution in [1.82, 2.24) is 15.0 Å². The van der Waals surface area contributed by atoms with Crippen LogP contribution >= 0.6 is 0 Å². The van der Waals surface area contributed by atoms with Gasteiger partial charge in [-0.25, -0.2) is 0 Å². The zero-order chi connectivity index (χ0) is 18.6. The molecule has 0 unspecified atom stereocenters. The molecule has 0 aromatic carbocycles. The van der Waals surface area contributed by atoms with Crippen molar-refractivity contribution in [2.45, 2.75) is 20.0 Å². The van der Waals surface area contributed by atoms with Crippen molar-refractivity contribution in [3.05, 3.63) is 0 Å². The van der Waals surface area contributed by atoms with Crippen molar-refractivity contribution >= 4 is 11.9 Å². The first-order valence-electron chi connectivity index (χ1n) is 9.04. The molecule has 0 aliphatic carbocycles. The van der Waals surface area contributed by atoms with E-state index in [0.29, 0.717) is 70.6 Å². The van der Waals surface area contributed by atoms with Crippen LogP contribution in [0.2, 0.25) is 0 Å². The van der Waals surface area contributed by atoms with E-state index in [0.717, 1.165) is 13.1 Å². The number of nitrogens with two attached hydrogens (primary N) is 1. The summed E-state index contributed by atoms with van der Waals surface area (Å²) in [4.78, 5) is 15.3. The molecule has 0 bridgehead atoms. The van der Waals surface area contributed by atoms with Crippen LogP contribution in [0.15, 0.2) is 0 Å². The van der Waals surface area contributed by atoms with Gasteiger partial charge in [0.1, 0.15) is 0 Å². The Morgan fingerprint density at radius 3 is 2.50 bits per heavy atom. The van der Waals surface area contributed by atoms with Crippen molar-refractivity contribution in [1.29, 1.82) is 0 Å². The van der Waals surface area contributed by atoms with E-state index in [-0.39, 0.29) is 6.10 Å². The highest BCUT2D eigenvalue weighted by Crippen LogP contribution is 2.17. The molecule has 0 saturated carbocycles. The van der Waals surface area contributed by atoms with Crippen LogP contribution in [0.25, 0.3) is 0 Å². The van der Waals surface area contributed by atoms with Gasteiger partial charge in [-0.2, -0.15) is 15.0 Å². The molecular formula is C16H30N6O4. The van der Waals surface area contributed by atoms with Gasteiger partial charge in [-0.05, 0) is 13.8 Å². The molecule has 1 saturated heterocycles. The second-order valence-electron chi connectivity index (χ2n) is 5.95. The molecule has 0 spiro atoms. The fraction of sp³-hybridized carbons (Fsp3) is 0.812. The van der Waals surface area contributed by atoms with Crippen LogP contribution < -0.4 is 20.7 Å². The molecule has 2 heterocycles. The molecule has 3 N–H and O–H groups in total. The number of nitrogens with one attached hydrogen (secondary N) is 1. The molecule has 1 aliphatic rings. The maximum atomic E-state index is 5.65. The summed E-state index contributed by atoms with van der Waals surface area (Å²) in [5.41, 5.74) is 5.35. The van der Waals surface area contributed by atoms with Gasteiger partial charge in [-0.3, -0.25) is 0 Å². The maximum Gasteiger partial charge on any atom is 0.323 e. The highest BCUT2D eigenvalue weighted by Gasteiger charge is 2.17. The number of morpholine rings is 1. The summed E-state index contributed by atoms with van der Waals surface area (Å²) in [5, 5.41) is 3.15. The van der Waals surface area contributed by atoms with Crippen LogP contribution in [0.3, 0.4) is 0 Å². The van der Waals surface area contributed by atoms with Gasteiger partial charge in [-0.15, -0.1) is 0 Å². The van der Waals surface area contributed by atoms with E-state index in [1.807, 2.05) is 13.8 Å². The Kier molecular flexibility index (Phi) is 9.32. The number of nitrogens with zero attached hydrogens (tertiary/aromatic N) is 4. The van der Waals surface area contributed by atoms with Gasteiger partial charge in [0.15, 0.2) is 0 Å². The second kappa shape index (κ2) is 11.8. The van der Waals surface area contributed by atoms with E-state index in [9.17, 15) is 0 Å². The first-order valence-corrected chi connectivity index (χ1v) is 9.04. The number of hydrogen-bond acceptors (Lipinski definition) is 10. The molecule has 1 aliphatic heterocycles. The van der Waals surface area contributed by atoms with Crippen LogP contribution in [0.5, 0.6) is 6.01 Å². The van der Waals surface area contributed by atoms with Gasteiger partial charge >= 0.3 is 6.01 Å². The standard InChI is InChI=1S/C16H30N6O4/c1-13(2)26-16-20-14(18-4-8-24-12-11-23-7-3-17)19-15(21-16)22-5-9-25-10-6-22/h13H,3-12,17H2,1-2H3,(H,18,19,20,21). The summed E-state index contributed by atoms with van der Waals surface area (Å²) >= 11 is 0. The minimum absolute atomic E-state index is 0.0142. The first kappa shape index (κ1) is 20.6. The lowest BCUT2D eigenvalue weighted by molar-refractivity contribution is 0.0547. The summed E-state index contributed by atoms with van der Waals surface area (Å²) in [6, 6.07) is 0.315. The summed E-state index contributed by atoms with van der Waals surface area (Å²) in [6.45, 7) is 9.92. The van der Waals surface area contributed by atoms with Crippen molar-refractivity contribution in [3.63, 3.8) is 0 Å². The van der Waals surface area contributed by atoms with Crippen molar-refractivity contribution < 1.29 is 18.9 Å². The summed E-state index contributed by atoms with van der Waals surface area (Å²) in [5.74, 6) is 1.07. The van der Waals surface area contributed by atoms with Crippen molar-refractivity contribution in [2.75, 3.05) is 76.0 Å². The highest BCUT2D eigenvalue weighted by atomic mass is 16.5. The predicted molar refractivity (Wildman–Crippen MR) is 97.8 cm³/mol. The van der Waals surface area contributed by atoms with Gasteiger partial charge in [0, 0.05) is 26.2 Å². The van der Waals surface area contributed by atoms with Gasteiger partial charge in [-0.1, -0.05) is 0 Å². The van der Waals surface area contributed by atoms with E-state index in [1.54, 1.807) is 0 Å². The zero-order valence-corrected chi connectivity index (χ0v) is 15.6. The Hall–Kier alpha value is -1.75. The molecule has 1 aromatic rings. The largest absolute Gasteiger partial charge is 0.461 e. The normalized spacial score (nSPS) is 14.7. The Balaban J connectivity index is 1.85. The topological polar surface area (TPSA) is 117 Å². The number of hydrogen-bond donors (Lipinski definition) is 2. The van der Waals surface area contributed by atoms with Gasteiger partial charge in [0.2, 0.25) is 11.9 Å². The zero-order valence-electron chi connectivity index (χ0n) is 15.6. The fourth-order valence-corrected chi connectivity index (χ4v) is 2.23. The predicted octanol–water partition coefficient (Wildman–Crippen LogP) is -0.101. The quantitative estimate of drug-likeness (QED) is 0.483. The van der Waals surface area contributed by atoms with E-state index >= 15 is 0 Å². The minimum Gasteiger partial charge on any atom is -0.461 e. The summed E-state index contributed by atoms with van der Waals surface area (Å²) in [6.07, 6.45) is -0.0142. The maximum absolute atomic E-state index is 5.65. The van der Waals surface area contributed by atoms with Crippen LogP contribution in [0.1, 0.15) is 13.8 Å². The number of anilines is 2. The van der Waals surface area contributed by atoms with Crippen LogP contribution in [0.4, 0.5) is 11.9 Å². The Morgan fingerprint density at radius 2 is 1.81 bits per heavy atom. The summed E-state index contributed by atoms with van der Waals surface area (Å²) < 4.78 is 21.8. The Bertz CT molecular complexity index is 514. The summed E-state index contributed by atoms with van der Waals surface area (Å²) in [7, 11) is 0. The Morgan fingerprint density at radius 1 is 1.08 bits per heavy atom. The minimum atomic E-state index is -0.0142. The van der Waals surface area contributed by atoms with Crippen LogP contribution in [0, 0.1) is 0 Å². The highest BCUT2D eigenvalue weighted by molar-refractivity contribution is 5.38. The van der Waals surface area contributed by atoms with Crippen molar-refractivity contribution in [3.8, 4) is 6.01 Å². The lowest BCUT2D eigenvalue weighted by Crippen LogP contribution is -2.37. The van der Waals surface area contributed by atoms with E-state index in [4.69, 9.17) is 24.7 Å².